The van der Waals surface area contributed by atoms with Gasteiger partial charge in [0.25, 0.3) is 0 Å². The van der Waals surface area contributed by atoms with Gasteiger partial charge in [0.2, 0.25) is 0 Å². The Balaban J connectivity index is 3.89. The molecule has 102 valence electrons. The smallest absolute Gasteiger partial charge is 0.191 e. The summed E-state index contributed by atoms with van der Waals surface area (Å²) < 4.78 is 0. The van der Waals surface area contributed by atoms with Crippen molar-refractivity contribution in [1.29, 1.82) is 0 Å². The second kappa shape index (κ2) is 10.7. The zero-order valence-electron chi connectivity index (χ0n) is 11.9. The summed E-state index contributed by atoms with van der Waals surface area (Å²) in [5.41, 5.74) is 0. The first-order valence-corrected chi connectivity index (χ1v) is 7.76. The highest BCUT2D eigenvalue weighted by atomic mass is 32.2. The highest BCUT2D eigenvalue weighted by Crippen LogP contribution is 1.96. The predicted molar refractivity (Wildman–Crippen MR) is 80.1 cm³/mol. The summed E-state index contributed by atoms with van der Waals surface area (Å²) in [5.74, 6) is 2.00. The molecule has 0 rings (SSSR count). The zero-order chi connectivity index (χ0) is 13.1. The van der Waals surface area contributed by atoms with Crippen molar-refractivity contribution in [2.24, 2.45) is 4.99 Å². The van der Waals surface area contributed by atoms with E-state index in [0.717, 1.165) is 37.9 Å². The molecule has 0 aliphatic heterocycles. The predicted octanol–water partition coefficient (Wildman–Crippen LogP) is 1.24. The highest BCUT2D eigenvalue weighted by Gasteiger charge is 2.09. The summed E-state index contributed by atoms with van der Waals surface area (Å²) >= 11 is 1.84. The standard InChI is InChI=1S/C12H28N4S/c1-6-16(7-2)11(3)10-15-12(13-4)14-8-9-17-5/h11H,6-10H2,1-5H3,(H2,13,14,15). The lowest BCUT2D eigenvalue weighted by Crippen LogP contribution is -2.46. The molecule has 1 unspecified atom stereocenters. The minimum atomic E-state index is 0.532. The minimum Gasteiger partial charge on any atom is -0.356 e. The van der Waals surface area contributed by atoms with Crippen LogP contribution in [0.1, 0.15) is 20.8 Å². The van der Waals surface area contributed by atoms with E-state index >= 15 is 0 Å². The first-order chi connectivity index (χ1) is 8.19. The molecule has 4 nitrogen and oxygen atoms in total. The summed E-state index contributed by atoms with van der Waals surface area (Å²) in [5, 5.41) is 6.67. The molecule has 2 N–H and O–H groups in total. The van der Waals surface area contributed by atoms with Crippen molar-refractivity contribution in [1.82, 2.24) is 15.5 Å². The summed E-state index contributed by atoms with van der Waals surface area (Å²) in [6.45, 7) is 10.7. The average molecular weight is 260 g/mol. The van der Waals surface area contributed by atoms with Crippen molar-refractivity contribution in [3.8, 4) is 0 Å². The number of thioether (sulfide) groups is 1. The Morgan fingerprint density at radius 2 is 1.94 bits per heavy atom. The van der Waals surface area contributed by atoms with E-state index in [0.29, 0.717) is 6.04 Å². The van der Waals surface area contributed by atoms with Crippen LogP contribution in [0.25, 0.3) is 0 Å². The van der Waals surface area contributed by atoms with Crippen molar-refractivity contribution in [2.45, 2.75) is 26.8 Å². The third-order valence-corrected chi connectivity index (χ3v) is 3.44. The van der Waals surface area contributed by atoms with Gasteiger partial charge in [-0.25, -0.2) is 0 Å². The van der Waals surface area contributed by atoms with Crippen LogP contribution in [0.3, 0.4) is 0 Å². The number of aliphatic imine (C=N–C) groups is 1. The SMILES string of the molecule is CCN(CC)C(C)CNC(=NC)NCCSC. The molecule has 0 saturated carbocycles. The Labute approximate surface area is 111 Å². The maximum absolute atomic E-state index is 4.21. The fourth-order valence-electron chi connectivity index (χ4n) is 1.71. The maximum atomic E-state index is 4.21. The number of nitrogens with one attached hydrogen (secondary N) is 2. The van der Waals surface area contributed by atoms with Crippen molar-refractivity contribution >= 4 is 17.7 Å². The quantitative estimate of drug-likeness (QED) is 0.391. The van der Waals surface area contributed by atoms with Gasteiger partial charge in [0.15, 0.2) is 5.96 Å². The van der Waals surface area contributed by atoms with Gasteiger partial charge in [-0.1, -0.05) is 13.8 Å². The third kappa shape index (κ3) is 7.49. The summed E-state index contributed by atoms with van der Waals surface area (Å²) in [4.78, 5) is 6.64. The van der Waals surface area contributed by atoms with Gasteiger partial charge in [-0.2, -0.15) is 11.8 Å². The molecule has 0 aromatic carbocycles. The molecule has 0 aromatic heterocycles. The first-order valence-electron chi connectivity index (χ1n) is 6.37. The summed E-state index contributed by atoms with van der Waals surface area (Å²) in [6.07, 6.45) is 2.11. The van der Waals surface area contributed by atoms with Gasteiger partial charge >= 0.3 is 0 Å². The Bertz CT molecular complexity index is 205. The second-order valence-corrected chi connectivity index (χ2v) is 4.93. The summed E-state index contributed by atoms with van der Waals surface area (Å²) in [7, 11) is 1.82. The zero-order valence-corrected chi connectivity index (χ0v) is 12.7. The van der Waals surface area contributed by atoms with Crippen molar-refractivity contribution in [3.63, 3.8) is 0 Å². The molecule has 0 fully saturated rings. The first kappa shape index (κ1) is 16.6. The normalized spacial score (nSPS) is 13.9. The van der Waals surface area contributed by atoms with Crippen molar-refractivity contribution in [2.75, 3.05) is 45.2 Å². The molecule has 17 heavy (non-hydrogen) atoms. The molecule has 0 heterocycles. The number of hydrogen-bond acceptors (Lipinski definition) is 3. The van der Waals surface area contributed by atoms with E-state index in [4.69, 9.17) is 0 Å². The van der Waals surface area contributed by atoms with Crippen molar-refractivity contribution < 1.29 is 0 Å². The van der Waals surface area contributed by atoms with E-state index in [1.54, 1.807) is 0 Å². The van der Waals surface area contributed by atoms with Crippen LogP contribution in [0.4, 0.5) is 0 Å². The van der Waals surface area contributed by atoms with Gasteiger partial charge < -0.3 is 10.6 Å². The molecule has 5 heteroatoms. The molecule has 0 spiro atoms. The van der Waals surface area contributed by atoms with Crippen LogP contribution in [0.15, 0.2) is 4.99 Å². The molecule has 0 aromatic rings. The van der Waals surface area contributed by atoms with Gasteiger partial charge in [0, 0.05) is 31.9 Å². The van der Waals surface area contributed by atoms with Crippen molar-refractivity contribution in [3.05, 3.63) is 0 Å². The Kier molecular flexibility index (Phi) is 10.5. The third-order valence-electron chi connectivity index (χ3n) is 2.82. The van der Waals surface area contributed by atoms with E-state index < -0.39 is 0 Å². The van der Waals surface area contributed by atoms with Crippen LogP contribution in [0, 0.1) is 0 Å². The summed E-state index contributed by atoms with van der Waals surface area (Å²) in [6, 6.07) is 0.532. The number of nitrogens with zero attached hydrogens (tertiary/aromatic N) is 2. The Morgan fingerprint density at radius 3 is 2.41 bits per heavy atom. The number of guanidine groups is 1. The molecule has 0 bridgehead atoms. The van der Waals surface area contributed by atoms with Crippen LogP contribution in [-0.4, -0.2) is 62.1 Å². The lowest BCUT2D eigenvalue weighted by atomic mass is 10.3. The molecule has 0 aliphatic carbocycles. The molecular formula is C12H28N4S. The van der Waals surface area contributed by atoms with E-state index in [-0.39, 0.29) is 0 Å². The highest BCUT2D eigenvalue weighted by molar-refractivity contribution is 7.98. The molecule has 0 saturated heterocycles. The lowest BCUT2D eigenvalue weighted by molar-refractivity contribution is 0.231. The van der Waals surface area contributed by atoms with E-state index in [1.807, 2.05) is 18.8 Å². The van der Waals surface area contributed by atoms with Crippen LogP contribution in [0.2, 0.25) is 0 Å². The topological polar surface area (TPSA) is 39.7 Å². The van der Waals surface area contributed by atoms with Crippen LogP contribution in [-0.2, 0) is 0 Å². The number of hydrogen-bond donors (Lipinski definition) is 2. The van der Waals surface area contributed by atoms with Crippen LogP contribution in [0.5, 0.6) is 0 Å². The average Bonchev–Trinajstić information content (AvgIpc) is 2.35. The van der Waals surface area contributed by atoms with Gasteiger partial charge in [-0.05, 0) is 26.3 Å². The molecule has 0 aliphatic rings. The van der Waals surface area contributed by atoms with E-state index in [2.05, 4.69) is 47.6 Å². The van der Waals surface area contributed by atoms with Gasteiger partial charge in [0.05, 0.1) is 0 Å². The number of rotatable bonds is 8. The monoisotopic (exact) mass is 260 g/mol. The molecule has 0 radical (unpaired) electrons. The molecule has 0 amide bonds. The Hall–Kier alpha value is -0.420. The second-order valence-electron chi connectivity index (χ2n) is 3.94. The van der Waals surface area contributed by atoms with Gasteiger partial charge in [0.1, 0.15) is 0 Å². The number of likely N-dealkylation sites (N-methyl/N-ethyl adjacent to an activating group) is 1. The van der Waals surface area contributed by atoms with E-state index in [9.17, 15) is 0 Å². The van der Waals surface area contributed by atoms with Gasteiger partial charge in [-0.15, -0.1) is 0 Å². The van der Waals surface area contributed by atoms with Crippen LogP contribution < -0.4 is 10.6 Å². The van der Waals surface area contributed by atoms with E-state index in [1.165, 1.54) is 0 Å². The minimum absolute atomic E-state index is 0.532. The molecular weight excluding hydrogens is 232 g/mol. The Morgan fingerprint density at radius 1 is 1.29 bits per heavy atom. The largest absolute Gasteiger partial charge is 0.356 e. The fraction of sp³-hybridized carbons (Fsp3) is 0.917. The maximum Gasteiger partial charge on any atom is 0.191 e. The fourth-order valence-corrected chi connectivity index (χ4v) is 2.02. The lowest BCUT2D eigenvalue weighted by Gasteiger charge is -2.27. The molecule has 1 atom stereocenters. The van der Waals surface area contributed by atoms with Crippen LogP contribution >= 0.6 is 11.8 Å². The van der Waals surface area contributed by atoms with Gasteiger partial charge in [-0.3, -0.25) is 9.89 Å².